The van der Waals surface area contributed by atoms with Crippen molar-refractivity contribution >= 4 is 29.3 Å². The summed E-state index contributed by atoms with van der Waals surface area (Å²) in [5.74, 6) is 0.335. The van der Waals surface area contributed by atoms with E-state index in [0.717, 1.165) is 0 Å². The number of carbonyl (C=O) groups excluding carboxylic acids is 2. The second-order valence-electron chi connectivity index (χ2n) is 6.37. The Morgan fingerprint density at radius 1 is 1.13 bits per heavy atom. The number of halogens is 1. The van der Waals surface area contributed by atoms with E-state index in [9.17, 15) is 14.0 Å². The lowest BCUT2D eigenvalue weighted by Gasteiger charge is -2.10. The Labute approximate surface area is 183 Å². The molecule has 0 radical (unpaired) electrons. The third-order valence-corrected chi connectivity index (χ3v) is 5.30. The van der Waals surface area contributed by atoms with Crippen LogP contribution in [0.4, 0.5) is 10.1 Å². The molecule has 2 N–H and O–H groups in total. The fourth-order valence-electron chi connectivity index (χ4n) is 2.80. The van der Waals surface area contributed by atoms with Gasteiger partial charge < -0.3 is 19.9 Å². The lowest BCUT2D eigenvalue weighted by molar-refractivity contribution is -0.113. The molecule has 3 rings (SSSR count). The third-order valence-electron chi connectivity index (χ3n) is 4.34. The monoisotopic (exact) mass is 443 g/mol. The zero-order valence-electron chi connectivity index (χ0n) is 17.1. The maximum Gasteiger partial charge on any atom is 0.251 e. The summed E-state index contributed by atoms with van der Waals surface area (Å²) in [6.45, 7) is 2.66. The average molecular weight is 444 g/mol. The van der Waals surface area contributed by atoms with Crippen molar-refractivity contribution in [1.29, 1.82) is 0 Å². The van der Waals surface area contributed by atoms with E-state index < -0.39 is 5.82 Å². The van der Waals surface area contributed by atoms with Crippen LogP contribution in [-0.4, -0.2) is 39.4 Å². The van der Waals surface area contributed by atoms with Crippen LogP contribution in [0.2, 0.25) is 0 Å². The van der Waals surface area contributed by atoms with Crippen LogP contribution in [0.3, 0.4) is 0 Å². The van der Waals surface area contributed by atoms with Gasteiger partial charge in [-0.05, 0) is 43.3 Å². The Morgan fingerprint density at radius 2 is 1.87 bits per heavy atom. The van der Waals surface area contributed by atoms with Gasteiger partial charge >= 0.3 is 0 Å². The van der Waals surface area contributed by atoms with Crippen LogP contribution in [0, 0.1) is 5.82 Å². The molecule has 2 amide bonds. The molecule has 8 nitrogen and oxygen atoms in total. The Balaban J connectivity index is 1.57. The highest BCUT2D eigenvalue weighted by Gasteiger charge is 2.15. The predicted molar refractivity (Wildman–Crippen MR) is 116 cm³/mol. The van der Waals surface area contributed by atoms with Crippen LogP contribution >= 0.6 is 11.8 Å². The molecule has 31 heavy (non-hydrogen) atoms. The summed E-state index contributed by atoms with van der Waals surface area (Å²) < 4.78 is 20.1. The molecule has 0 bridgehead atoms. The van der Waals surface area contributed by atoms with E-state index in [1.165, 1.54) is 36.0 Å². The summed E-state index contributed by atoms with van der Waals surface area (Å²) in [7, 11) is 1.54. The molecule has 0 aliphatic heterocycles. The largest absolute Gasteiger partial charge is 0.495 e. The molecule has 0 aliphatic carbocycles. The van der Waals surface area contributed by atoms with E-state index in [4.69, 9.17) is 4.74 Å². The first-order chi connectivity index (χ1) is 15.0. The number of nitrogens with zero attached hydrogens (tertiary/aromatic N) is 3. The first-order valence-corrected chi connectivity index (χ1v) is 10.5. The van der Waals surface area contributed by atoms with Crippen LogP contribution in [-0.2, 0) is 17.9 Å². The second-order valence-corrected chi connectivity index (χ2v) is 7.31. The number of nitrogens with one attached hydrogen (secondary N) is 2. The van der Waals surface area contributed by atoms with Gasteiger partial charge in [0.25, 0.3) is 5.91 Å². The maximum atomic E-state index is 13.0. The number of aromatic nitrogens is 3. The number of amides is 2. The molecule has 1 heterocycles. The first-order valence-electron chi connectivity index (χ1n) is 9.53. The zero-order valence-corrected chi connectivity index (χ0v) is 17.9. The highest BCUT2D eigenvalue weighted by atomic mass is 32.2. The zero-order chi connectivity index (χ0) is 22.2. The van der Waals surface area contributed by atoms with Crippen molar-refractivity contribution in [3.8, 4) is 5.75 Å². The van der Waals surface area contributed by atoms with Crippen LogP contribution in [0.25, 0.3) is 0 Å². The molecule has 10 heteroatoms. The van der Waals surface area contributed by atoms with E-state index >= 15 is 0 Å². The molecule has 0 saturated carbocycles. The lowest BCUT2D eigenvalue weighted by Crippen LogP contribution is -2.24. The quantitative estimate of drug-likeness (QED) is 0.493. The number of carbonyl (C=O) groups is 2. The summed E-state index contributed by atoms with van der Waals surface area (Å²) >= 11 is 1.25. The van der Waals surface area contributed by atoms with Gasteiger partial charge in [-0.15, -0.1) is 10.2 Å². The van der Waals surface area contributed by atoms with E-state index in [2.05, 4.69) is 20.8 Å². The average Bonchev–Trinajstić information content (AvgIpc) is 3.18. The Morgan fingerprint density at radius 3 is 2.58 bits per heavy atom. The van der Waals surface area contributed by atoms with Crippen LogP contribution in [0.15, 0.2) is 53.7 Å². The van der Waals surface area contributed by atoms with E-state index in [0.29, 0.717) is 34.5 Å². The number of thioether (sulfide) groups is 1. The minimum Gasteiger partial charge on any atom is -0.495 e. The van der Waals surface area contributed by atoms with Crippen molar-refractivity contribution in [1.82, 2.24) is 20.1 Å². The fourth-order valence-corrected chi connectivity index (χ4v) is 3.62. The first kappa shape index (κ1) is 22.3. The van der Waals surface area contributed by atoms with E-state index in [1.807, 2.05) is 23.6 Å². The number of hydrogen-bond acceptors (Lipinski definition) is 6. The summed E-state index contributed by atoms with van der Waals surface area (Å²) in [6, 6.07) is 12.5. The molecule has 0 fully saturated rings. The number of methoxy groups -OCH3 is 1. The van der Waals surface area contributed by atoms with Crippen molar-refractivity contribution in [3.05, 3.63) is 65.7 Å². The topological polar surface area (TPSA) is 98.1 Å². The highest BCUT2D eigenvalue weighted by molar-refractivity contribution is 7.99. The van der Waals surface area contributed by atoms with Gasteiger partial charge in [0, 0.05) is 12.1 Å². The third kappa shape index (κ3) is 5.82. The van der Waals surface area contributed by atoms with Gasteiger partial charge in [-0.2, -0.15) is 0 Å². The molecule has 1 aromatic heterocycles. The van der Waals surface area contributed by atoms with Crippen molar-refractivity contribution in [2.24, 2.45) is 0 Å². The van der Waals surface area contributed by atoms with Crippen molar-refractivity contribution in [3.63, 3.8) is 0 Å². The molecule has 3 aromatic rings. The SMILES string of the molecule is CCn1c(CNC(=O)c2ccc(F)cc2)nnc1SCC(=O)Nc1ccccc1OC. The van der Waals surface area contributed by atoms with Crippen molar-refractivity contribution < 1.29 is 18.7 Å². The van der Waals surface area contributed by atoms with Crippen LogP contribution in [0.5, 0.6) is 5.75 Å². The molecule has 0 aliphatic rings. The molecule has 0 atom stereocenters. The van der Waals surface area contributed by atoms with Gasteiger partial charge in [-0.3, -0.25) is 9.59 Å². The van der Waals surface area contributed by atoms with Crippen LogP contribution in [0.1, 0.15) is 23.1 Å². The van der Waals surface area contributed by atoms with Gasteiger partial charge in [0.1, 0.15) is 11.6 Å². The minimum absolute atomic E-state index is 0.137. The standard InChI is InChI=1S/C21H22FN5O3S/c1-3-27-18(12-23-20(29)14-8-10-15(22)11-9-14)25-26-21(27)31-13-19(28)24-16-6-4-5-7-17(16)30-2/h4-11H,3,12-13H2,1-2H3,(H,23,29)(H,24,28). The Kier molecular flexibility index (Phi) is 7.60. The summed E-state index contributed by atoms with van der Waals surface area (Å²) in [5, 5.41) is 14.4. The predicted octanol–water partition coefficient (Wildman–Crippen LogP) is 3.11. The van der Waals surface area contributed by atoms with Gasteiger partial charge in [-0.25, -0.2) is 4.39 Å². The van der Waals surface area contributed by atoms with Gasteiger partial charge in [0.2, 0.25) is 5.91 Å². The number of hydrogen-bond donors (Lipinski definition) is 2. The van der Waals surface area contributed by atoms with E-state index in [1.54, 1.807) is 19.2 Å². The number of anilines is 1. The van der Waals surface area contributed by atoms with Crippen molar-refractivity contribution in [2.45, 2.75) is 25.2 Å². The number of para-hydroxylation sites is 2. The normalized spacial score (nSPS) is 10.5. The lowest BCUT2D eigenvalue weighted by atomic mass is 10.2. The number of benzene rings is 2. The smallest absolute Gasteiger partial charge is 0.251 e. The van der Waals surface area contributed by atoms with Crippen molar-refractivity contribution in [2.75, 3.05) is 18.2 Å². The Hall–Kier alpha value is -3.40. The van der Waals surface area contributed by atoms with Crippen LogP contribution < -0.4 is 15.4 Å². The second kappa shape index (κ2) is 10.6. The molecule has 0 spiro atoms. The summed E-state index contributed by atoms with van der Waals surface area (Å²) in [4.78, 5) is 24.5. The molecule has 0 saturated heterocycles. The van der Waals surface area contributed by atoms with Gasteiger partial charge in [0.05, 0.1) is 25.1 Å². The minimum atomic E-state index is -0.404. The molecular formula is C21H22FN5O3S. The molecule has 162 valence electrons. The molecule has 0 unspecified atom stereocenters. The van der Waals surface area contributed by atoms with E-state index in [-0.39, 0.29) is 24.1 Å². The number of rotatable bonds is 9. The number of ether oxygens (including phenoxy) is 1. The highest BCUT2D eigenvalue weighted by Crippen LogP contribution is 2.24. The van der Waals surface area contributed by atoms with Gasteiger partial charge in [0.15, 0.2) is 11.0 Å². The molecular weight excluding hydrogens is 421 g/mol. The molecule has 2 aromatic carbocycles. The Bertz CT molecular complexity index is 1060. The summed E-state index contributed by atoms with van der Waals surface area (Å²) in [5.41, 5.74) is 0.948. The fraction of sp³-hybridized carbons (Fsp3) is 0.238. The maximum absolute atomic E-state index is 13.0. The van der Waals surface area contributed by atoms with Gasteiger partial charge in [-0.1, -0.05) is 23.9 Å². The summed E-state index contributed by atoms with van der Waals surface area (Å²) in [6.07, 6.45) is 0.